The molecule has 2 rings (SSSR count). The summed E-state index contributed by atoms with van der Waals surface area (Å²) < 4.78 is 0. The van der Waals surface area contributed by atoms with E-state index in [0.717, 1.165) is 50.8 Å². The number of piperidine rings is 1. The Labute approximate surface area is 130 Å². The van der Waals surface area contributed by atoms with E-state index in [1.165, 1.54) is 0 Å². The van der Waals surface area contributed by atoms with Gasteiger partial charge in [-0.25, -0.2) is 4.79 Å². The van der Waals surface area contributed by atoms with Gasteiger partial charge < -0.3 is 16.0 Å². The van der Waals surface area contributed by atoms with E-state index in [1.54, 1.807) is 12.4 Å². The average molecular weight is 307 g/mol. The summed E-state index contributed by atoms with van der Waals surface area (Å²) in [5.74, 6) is 0.872. The van der Waals surface area contributed by atoms with Crippen molar-refractivity contribution in [2.75, 3.05) is 19.6 Å². The largest absolute Gasteiger partial charge is 0.352 e. The lowest BCUT2D eigenvalue weighted by atomic mass is 9.91. The SMILES string of the molecule is NC(=O)NCCCCC1CCN(C(=O)Cc2cn[nH]c2)CC1. The van der Waals surface area contributed by atoms with Gasteiger partial charge in [-0.05, 0) is 30.7 Å². The summed E-state index contributed by atoms with van der Waals surface area (Å²) in [6.07, 6.45) is 9.25. The first kappa shape index (κ1) is 16.3. The van der Waals surface area contributed by atoms with Crippen molar-refractivity contribution in [3.63, 3.8) is 0 Å². The van der Waals surface area contributed by atoms with E-state index in [2.05, 4.69) is 15.5 Å². The molecule has 7 nitrogen and oxygen atoms in total. The highest BCUT2D eigenvalue weighted by atomic mass is 16.2. The van der Waals surface area contributed by atoms with Gasteiger partial charge in [0.2, 0.25) is 5.91 Å². The van der Waals surface area contributed by atoms with Gasteiger partial charge in [-0.3, -0.25) is 9.89 Å². The third-order valence-electron chi connectivity index (χ3n) is 4.22. The summed E-state index contributed by atoms with van der Waals surface area (Å²) in [6, 6.07) is -0.454. The molecule has 1 fully saturated rings. The van der Waals surface area contributed by atoms with Gasteiger partial charge in [-0.15, -0.1) is 0 Å². The van der Waals surface area contributed by atoms with Crippen LogP contribution in [0.2, 0.25) is 0 Å². The lowest BCUT2D eigenvalue weighted by molar-refractivity contribution is -0.131. The molecule has 0 unspecified atom stereocenters. The van der Waals surface area contributed by atoms with Gasteiger partial charge in [-0.2, -0.15) is 5.10 Å². The fraction of sp³-hybridized carbons (Fsp3) is 0.667. The number of urea groups is 1. The molecule has 1 aromatic heterocycles. The molecule has 0 aromatic carbocycles. The number of primary amides is 1. The predicted molar refractivity (Wildman–Crippen MR) is 83.0 cm³/mol. The van der Waals surface area contributed by atoms with Gasteiger partial charge in [0, 0.05) is 25.8 Å². The monoisotopic (exact) mass is 307 g/mol. The zero-order valence-corrected chi connectivity index (χ0v) is 12.9. The zero-order chi connectivity index (χ0) is 15.8. The Bertz CT molecular complexity index is 466. The topological polar surface area (TPSA) is 104 Å². The molecule has 0 saturated carbocycles. The molecule has 0 atom stereocenters. The van der Waals surface area contributed by atoms with Crippen LogP contribution in [0, 0.1) is 5.92 Å². The highest BCUT2D eigenvalue weighted by molar-refractivity contribution is 5.78. The van der Waals surface area contributed by atoms with Gasteiger partial charge in [0.15, 0.2) is 0 Å². The average Bonchev–Trinajstić information content (AvgIpc) is 3.00. The van der Waals surface area contributed by atoms with Crippen molar-refractivity contribution in [2.45, 2.75) is 38.5 Å². The van der Waals surface area contributed by atoms with Crippen LogP contribution in [0.4, 0.5) is 4.79 Å². The first-order chi connectivity index (χ1) is 10.6. The van der Waals surface area contributed by atoms with E-state index >= 15 is 0 Å². The van der Waals surface area contributed by atoms with Crippen molar-refractivity contribution >= 4 is 11.9 Å². The predicted octanol–water partition coefficient (Wildman–Crippen LogP) is 1.03. The fourth-order valence-corrected chi connectivity index (χ4v) is 2.90. The first-order valence-electron chi connectivity index (χ1n) is 7.94. The molecule has 0 aliphatic carbocycles. The Morgan fingerprint density at radius 2 is 2.14 bits per heavy atom. The summed E-state index contributed by atoms with van der Waals surface area (Å²) in [5, 5.41) is 9.20. The molecular formula is C15H25N5O2. The number of nitrogens with zero attached hydrogens (tertiary/aromatic N) is 2. The van der Waals surface area contributed by atoms with Crippen molar-refractivity contribution in [3.05, 3.63) is 18.0 Å². The maximum Gasteiger partial charge on any atom is 0.312 e. The van der Waals surface area contributed by atoms with E-state index in [1.807, 2.05) is 4.90 Å². The molecule has 1 aromatic rings. The number of H-pyrrole nitrogens is 1. The van der Waals surface area contributed by atoms with Crippen LogP contribution in [0.3, 0.4) is 0 Å². The third-order valence-corrected chi connectivity index (χ3v) is 4.22. The number of rotatable bonds is 7. The van der Waals surface area contributed by atoms with Crippen LogP contribution in [-0.4, -0.2) is 46.7 Å². The number of aromatic nitrogens is 2. The molecule has 0 spiro atoms. The van der Waals surface area contributed by atoms with E-state index < -0.39 is 6.03 Å². The Kier molecular flexibility index (Phi) is 6.24. The molecule has 4 N–H and O–H groups in total. The molecule has 22 heavy (non-hydrogen) atoms. The van der Waals surface area contributed by atoms with Gasteiger partial charge in [0.1, 0.15) is 0 Å². The number of aromatic amines is 1. The summed E-state index contributed by atoms with van der Waals surface area (Å²) in [7, 11) is 0. The molecular weight excluding hydrogens is 282 g/mol. The van der Waals surface area contributed by atoms with E-state index in [9.17, 15) is 9.59 Å². The summed E-state index contributed by atoms with van der Waals surface area (Å²) in [4.78, 5) is 24.7. The molecule has 1 aliphatic heterocycles. The van der Waals surface area contributed by atoms with Crippen LogP contribution >= 0.6 is 0 Å². The Hall–Kier alpha value is -2.05. The molecule has 7 heteroatoms. The quantitative estimate of drug-likeness (QED) is 0.655. The number of amides is 3. The van der Waals surface area contributed by atoms with Gasteiger partial charge >= 0.3 is 6.03 Å². The number of likely N-dealkylation sites (tertiary alicyclic amines) is 1. The summed E-state index contributed by atoms with van der Waals surface area (Å²) in [6.45, 7) is 2.35. The maximum absolute atomic E-state index is 12.2. The lowest BCUT2D eigenvalue weighted by Gasteiger charge is -2.32. The highest BCUT2D eigenvalue weighted by Crippen LogP contribution is 2.22. The smallest absolute Gasteiger partial charge is 0.312 e. The van der Waals surface area contributed by atoms with Crippen LogP contribution in [0.5, 0.6) is 0 Å². The number of unbranched alkanes of at least 4 members (excludes halogenated alkanes) is 1. The molecule has 3 amide bonds. The van der Waals surface area contributed by atoms with Crippen LogP contribution in [0.15, 0.2) is 12.4 Å². The second kappa shape index (κ2) is 8.41. The van der Waals surface area contributed by atoms with Gasteiger partial charge in [-0.1, -0.05) is 12.8 Å². The number of nitrogens with one attached hydrogen (secondary N) is 2. The second-order valence-corrected chi connectivity index (χ2v) is 5.89. The van der Waals surface area contributed by atoms with E-state index in [-0.39, 0.29) is 5.91 Å². The van der Waals surface area contributed by atoms with Crippen molar-refractivity contribution in [2.24, 2.45) is 11.7 Å². The summed E-state index contributed by atoms with van der Waals surface area (Å²) >= 11 is 0. The Balaban J connectivity index is 1.59. The molecule has 1 aliphatic rings. The van der Waals surface area contributed by atoms with Crippen LogP contribution in [0.25, 0.3) is 0 Å². The van der Waals surface area contributed by atoms with Crippen molar-refractivity contribution in [1.29, 1.82) is 0 Å². The maximum atomic E-state index is 12.2. The van der Waals surface area contributed by atoms with Crippen LogP contribution in [0.1, 0.15) is 37.7 Å². The number of carbonyl (C=O) groups is 2. The van der Waals surface area contributed by atoms with Crippen LogP contribution in [-0.2, 0) is 11.2 Å². The number of carbonyl (C=O) groups excluding carboxylic acids is 2. The number of nitrogens with two attached hydrogens (primary N) is 1. The van der Waals surface area contributed by atoms with Crippen LogP contribution < -0.4 is 11.1 Å². The molecule has 2 heterocycles. The highest BCUT2D eigenvalue weighted by Gasteiger charge is 2.22. The molecule has 122 valence electrons. The minimum absolute atomic E-state index is 0.186. The van der Waals surface area contributed by atoms with Crippen molar-refractivity contribution in [1.82, 2.24) is 20.4 Å². The molecule has 0 radical (unpaired) electrons. The van der Waals surface area contributed by atoms with Gasteiger partial charge in [0.05, 0.1) is 12.6 Å². The minimum atomic E-state index is -0.454. The Morgan fingerprint density at radius 3 is 2.77 bits per heavy atom. The zero-order valence-electron chi connectivity index (χ0n) is 12.9. The molecule has 0 bridgehead atoms. The van der Waals surface area contributed by atoms with E-state index in [0.29, 0.717) is 18.9 Å². The standard InChI is InChI=1S/C15H25N5O2/c16-15(22)17-6-2-1-3-12-4-7-20(8-5-12)14(21)9-13-10-18-19-11-13/h10-12H,1-9H2,(H,18,19)(H3,16,17,22). The third kappa shape index (κ3) is 5.38. The normalized spacial score (nSPS) is 15.7. The number of hydrogen-bond acceptors (Lipinski definition) is 3. The van der Waals surface area contributed by atoms with E-state index in [4.69, 9.17) is 5.73 Å². The minimum Gasteiger partial charge on any atom is -0.352 e. The second-order valence-electron chi connectivity index (χ2n) is 5.89. The Morgan fingerprint density at radius 1 is 1.36 bits per heavy atom. The molecule has 1 saturated heterocycles. The van der Waals surface area contributed by atoms with Crippen molar-refractivity contribution in [3.8, 4) is 0 Å². The summed E-state index contributed by atoms with van der Waals surface area (Å²) in [5.41, 5.74) is 5.95. The van der Waals surface area contributed by atoms with Gasteiger partial charge in [0.25, 0.3) is 0 Å². The fourth-order valence-electron chi connectivity index (χ4n) is 2.90. The first-order valence-corrected chi connectivity index (χ1v) is 7.94. The van der Waals surface area contributed by atoms with Crippen molar-refractivity contribution < 1.29 is 9.59 Å². The number of hydrogen-bond donors (Lipinski definition) is 3. The lowest BCUT2D eigenvalue weighted by Crippen LogP contribution is -2.39.